The van der Waals surface area contributed by atoms with Gasteiger partial charge in [0.1, 0.15) is 27.9 Å². The molecule has 0 saturated carbocycles. The van der Waals surface area contributed by atoms with Crippen LogP contribution in [0.3, 0.4) is 0 Å². The summed E-state index contributed by atoms with van der Waals surface area (Å²) in [6.07, 6.45) is 0. The number of aromatic nitrogens is 5. The Balaban J connectivity index is 1.59. The number of tetrazole rings is 1. The van der Waals surface area contributed by atoms with Crippen molar-refractivity contribution in [1.82, 2.24) is 25.2 Å². The first-order valence-corrected chi connectivity index (χ1v) is 12.2. The van der Waals surface area contributed by atoms with Gasteiger partial charge in [0.2, 0.25) is 5.75 Å². The molecule has 0 aliphatic rings. The van der Waals surface area contributed by atoms with Crippen molar-refractivity contribution in [3.63, 3.8) is 0 Å². The van der Waals surface area contributed by atoms with Gasteiger partial charge in [-0.25, -0.2) is 4.98 Å². The highest BCUT2D eigenvalue weighted by Gasteiger charge is 2.21. The molecule has 5 rings (SSSR count). The summed E-state index contributed by atoms with van der Waals surface area (Å²) in [5, 5.41) is 13.2. The van der Waals surface area contributed by atoms with E-state index in [1.807, 2.05) is 30.3 Å². The van der Waals surface area contributed by atoms with E-state index in [0.717, 1.165) is 20.8 Å². The molecule has 0 atom stereocenters. The molecule has 196 valence electrons. The highest BCUT2D eigenvalue weighted by atomic mass is 32.1. The standard InChI is InChI=1S/C26H25N5O6S/c1-32-16-12-17-24(22(13-16)36-5)38-26(27-17)14-7-8-18(19(9-14)33-2)31-25(28-29-30-31)15-10-20(34-3)23(37-6)21(11-15)35-4/h7-13H,1-6H3. The Kier molecular flexibility index (Phi) is 6.88. The molecule has 0 aliphatic heterocycles. The van der Waals surface area contributed by atoms with Gasteiger partial charge in [0.15, 0.2) is 17.3 Å². The number of methoxy groups -OCH3 is 6. The van der Waals surface area contributed by atoms with Gasteiger partial charge in [-0.3, -0.25) is 0 Å². The first-order chi connectivity index (χ1) is 18.5. The fraction of sp³-hybridized carbons (Fsp3) is 0.231. The summed E-state index contributed by atoms with van der Waals surface area (Å²) in [4.78, 5) is 4.80. The number of hydrogen-bond acceptors (Lipinski definition) is 11. The van der Waals surface area contributed by atoms with Crippen molar-refractivity contribution < 1.29 is 28.4 Å². The molecular formula is C26H25N5O6S. The van der Waals surface area contributed by atoms with E-state index in [1.165, 1.54) is 11.3 Å². The fourth-order valence-corrected chi connectivity index (χ4v) is 5.13. The third-order valence-corrected chi connectivity index (χ3v) is 7.07. The van der Waals surface area contributed by atoms with Gasteiger partial charge < -0.3 is 28.4 Å². The average molecular weight is 536 g/mol. The second-order valence-corrected chi connectivity index (χ2v) is 8.91. The Morgan fingerprint density at radius 2 is 1.37 bits per heavy atom. The van der Waals surface area contributed by atoms with Crippen LogP contribution in [0.15, 0.2) is 42.5 Å². The summed E-state index contributed by atoms with van der Waals surface area (Å²) in [6.45, 7) is 0. The second kappa shape index (κ2) is 10.4. The van der Waals surface area contributed by atoms with E-state index in [-0.39, 0.29) is 0 Å². The van der Waals surface area contributed by atoms with Crippen LogP contribution in [-0.2, 0) is 0 Å². The zero-order valence-corrected chi connectivity index (χ0v) is 22.5. The number of thiazole rings is 1. The van der Waals surface area contributed by atoms with E-state index in [2.05, 4.69) is 15.5 Å². The summed E-state index contributed by atoms with van der Waals surface area (Å²) < 4.78 is 35.6. The quantitative estimate of drug-likeness (QED) is 0.264. The molecule has 5 aromatic rings. The molecule has 0 aliphatic carbocycles. The third-order valence-electron chi connectivity index (χ3n) is 5.93. The van der Waals surface area contributed by atoms with Crippen LogP contribution in [0.2, 0.25) is 0 Å². The van der Waals surface area contributed by atoms with Crippen molar-refractivity contribution in [3.8, 4) is 62.1 Å². The van der Waals surface area contributed by atoms with Gasteiger partial charge in [0, 0.05) is 23.3 Å². The Bertz CT molecular complexity index is 1590. The summed E-state index contributed by atoms with van der Waals surface area (Å²) in [5.74, 6) is 3.86. The zero-order chi connectivity index (χ0) is 26.8. The average Bonchev–Trinajstić information content (AvgIpc) is 3.63. The molecule has 0 fully saturated rings. The SMILES string of the molecule is COc1cc(OC)c2sc(-c3ccc(-n4nnnc4-c4cc(OC)c(OC)c(OC)c4)c(OC)c3)nc2c1. The lowest BCUT2D eigenvalue weighted by molar-refractivity contribution is 0.324. The number of ether oxygens (including phenoxy) is 6. The zero-order valence-electron chi connectivity index (χ0n) is 21.6. The molecule has 0 spiro atoms. The van der Waals surface area contributed by atoms with Crippen LogP contribution in [0.1, 0.15) is 0 Å². The van der Waals surface area contributed by atoms with E-state index in [1.54, 1.807) is 59.5 Å². The van der Waals surface area contributed by atoms with Gasteiger partial charge in [-0.2, -0.15) is 4.68 Å². The van der Waals surface area contributed by atoms with Crippen molar-refractivity contribution in [1.29, 1.82) is 0 Å². The lowest BCUT2D eigenvalue weighted by Crippen LogP contribution is -2.03. The Morgan fingerprint density at radius 1 is 0.684 bits per heavy atom. The van der Waals surface area contributed by atoms with Gasteiger partial charge in [-0.05, 0) is 40.8 Å². The van der Waals surface area contributed by atoms with Crippen molar-refractivity contribution in [2.75, 3.05) is 42.7 Å². The predicted molar refractivity (Wildman–Crippen MR) is 143 cm³/mol. The van der Waals surface area contributed by atoms with Crippen LogP contribution < -0.4 is 28.4 Å². The first kappa shape index (κ1) is 25.1. The van der Waals surface area contributed by atoms with Gasteiger partial charge >= 0.3 is 0 Å². The first-order valence-electron chi connectivity index (χ1n) is 11.3. The predicted octanol–water partition coefficient (Wildman–Crippen LogP) is 4.66. The Hall–Kier alpha value is -4.58. The topological polar surface area (TPSA) is 112 Å². The lowest BCUT2D eigenvalue weighted by Gasteiger charge is -2.15. The van der Waals surface area contributed by atoms with E-state index in [4.69, 9.17) is 33.4 Å². The van der Waals surface area contributed by atoms with E-state index < -0.39 is 0 Å². The van der Waals surface area contributed by atoms with Crippen LogP contribution in [-0.4, -0.2) is 67.9 Å². The van der Waals surface area contributed by atoms with Gasteiger partial charge in [-0.1, -0.05) is 0 Å². The number of benzene rings is 3. The number of hydrogen-bond donors (Lipinski definition) is 0. The molecule has 0 amide bonds. The fourth-order valence-electron chi connectivity index (χ4n) is 4.10. The van der Waals surface area contributed by atoms with E-state index in [9.17, 15) is 0 Å². The molecule has 0 radical (unpaired) electrons. The third kappa shape index (κ3) is 4.28. The van der Waals surface area contributed by atoms with Crippen molar-refractivity contribution in [2.45, 2.75) is 0 Å². The molecule has 0 N–H and O–H groups in total. The second-order valence-electron chi connectivity index (χ2n) is 7.91. The van der Waals surface area contributed by atoms with Crippen LogP contribution in [0.25, 0.3) is 37.9 Å². The molecular weight excluding hydrogens is 510 g/mol. The number of rotatable bonds is 9. The minimum atomic E-state index is 0.465. The van der Waals surface area contributed by atoms with Crippen LogP contribution >= 0.6 is 11.3 Å². The van der Waals surface area contributed by atoms with Crippen molar-refractivity contribution >= 4 is 21.6 Å². The Morgan fingerprint density at radius 3 is 2.00 bits per heavy atom. The molecule has 12 heteroatoms. The molecule has 38 heavy (non-hydrogen) atoms. The number of fused-ring (bicyclic) bond motifs is 1. The molecule has 3 aromatic carbocycles. The summed E-state index contributed by atoms with van der Waals surface area (Å²) >= 11 is 1.52. The van der Waals surface area contributed by atoms with Crippen molar-refractivity contribution in [3.05, 3.63) is 42.5 Å². The van der Waals surface area contributed by atoms with Gasteiger partial charge in [0.25, 0.3) is 0 Å². The molecule has 0 unspecified atom stereocenters. The largest absolute Gasteiger partial charge is 0.497 e. The van der Waals surface area contributed by atoms with E-state index >= 15 is 0 Å². The highest BCUT2D eigenvalue weighted by Crippen LogP contribution is 2.42. The normalized spacial score (nSPS) is 10.9. The maximum Gasteiger partial charge on any atom is 0.203 e. The number of nitrogens with zero attached hydrogens (tertiary/aromatic N) is 5. The molecule has 0 saturated heterocycles. The van der Waals surface area contributed by atoms with Gasteiger partial charge in [-0.15, -0.1) is 16.4 Å². The Labute approximate surface area is 222 Å². The summed E-state index contributed by atoms with van der Waals surface area (Å²) in [7, 11) is 9.50. The maximum atomic E-state index is 5.75. The van der Waals surface area contributed by atoms with Crippen LogP contribution in [0.5, 0.6) is 34.5 Å². The molecule has 2 heterocycles. The van der Waals surface area contributed by atoms with E-state index in [0.29, 0.717) is 51.6 Å². The summed E-state index contributed by atoms with van der Waals surface area (Å²) in [6, 6.07) is 13.0. The minimum absolute atomic E-state index is 0.465. The summed E-state index contributed by atoms with van der Waals surface area (Å²) in [5.41, 5.74) is 2.97. The van der Waals surface area contributed by atoms with Crippen molar-refractivity contribution in [2.24, 2.45) is 0 Å². The highest BCUT2D eigenvalue weighted by molar-refractivity contribution is 7.22. The maximum absolute atomic E-state index is 5.75. The molecule has 11 nitrogen and oxygen atoms in total. The van der Waals surface area contributed by atoms with Gasteiger partial charge in [0.05, 0.1) is 52.9 Å². The van der Waals surface area contributed by atoms with Crippen LogP contribution in [0.4, 0.5) is 0 Å². The minimum Gasteiger partial charge on any atom is -0.497 e. The molecule has 2 aromatic heterocycles. The molecule has 0 bridgehead atoms. The lowest BCUT2D eigenvalue weighted by atomic mass is 10.1. The van der Waals surface area contributed by atoms with Crippen LogP contribution in [0, 0.1) is 0 Å². The monoisotopic (exact) mass is 535 g/mol. The smallest absolute Gasteiger partial charge is 0.203 e.